The summed E-state index contributed by atoms with van der Waals surface area (Å²) in [5, 5.41) is 15.4. The number of nitrogens with zero attached hydrogens (tertiary/aromatic N) is 4. The number of benzene rings is 2. The highest BCUT2D eigenvalue weighted by Gasteiger charge is 2.12. The Morgan fingerprint density at radius 2 is 1.97 bits per heavy atom. The smallest absolute Gasteiger partial charge is 0.155 e. The molecule has 30 heavy (non-hydrogen) atoms. The van der Waals surface area contributed by atoms with E-state index in [1.807, 2.05) is 67.6 Å². The van der Waals surface area contributed by atoms with Crippen molar-refractivity contribution in [2.45, 2.75) is 6.92 Å². The zero-order chi connectivity index (χ0) is 20.5. The van der Waals surface area contributed by atoms with Crippen LogP contribution in [-0.2, 0) is 0 Å². The van der Waals surface area contributed by atoms with Crippen LogP contribution < -0.4 is 0 Å². The Morgan fingerprint density at radius 3 is 2.77 bits per heavy atom. The Balaban J connectivity index is 1.57. The number of hydrogen-bond acceptors (Lipinski definition) is 4. The second-order valence-electron chi connectivity index (χ2n) is 6.89. The first kappa shape index (κ1) is 17.8. The van der Waals surface area contributed by atoms with Crippen LogP contribution in [0.3, 0.4) is 0 Å². The summed E-state index contributed by atoms with van der Waals surface area (Å²) in [5.74, 6) is 1.50. The number of allylic oxidation sites excluding steroid dienone is 5. The molecule has 0 bridgehead atoms. The van der Waals surface area contributed by atoms with E-state index in [1.165, 1.54) is 6.33 Å². The molecule has 0 aliphatic rings. The summed E-state index contributed by atoms with van der Waals surface area (Å²) in [6, 6.07) is 14.0. The second-order valence-corrected chi connectivity index (χ2v) is 6.89. The van der Waals surface area contributed by atoms with E-state index in [4.69, 9.17) is 4.98 Å². The summed E-state index contributed by atoms with van der Waals surface area (Å²) in [5.41, 5.74) is 6.28. The number of imidazole rings is 1. The number of H-pyrrole nitrogens is 3. The van der Waals surface area contributed by atoms with Crippen molar-refractivity contribution in [2.75, 3.05) is 0 Å². The van der Waals surface area contributed by atoms with Crippen molar-refractivity contribution in [3.8, 4) is 11.4 Å². The molecule has 3 N–H and O–H groups in total. The summed E-state index contributed by atoms with van der Waals surface area (Å²) in [7, 11) is 0. The summed E-state index contributed by atoms with van der Waals surface area (Å²) in [6.07, 6.45) is 7.48. The highest BCUT2D eigenvalue weighted by atomic mass is 15.2. The zero-order valence-electron chi connectivity index (χ0n) is 16.3. The van der Waals surface area contributed by atoms with Gasteiger partial charge in [-0.05, 0) is 48.9 Å². The molecule has 7 heteroatoms. The van der Waals surface area contributed by atoms with E-state index in [2.05, 4.69) is 36.9 Å². The fourth-order valence-electron chi connectivity index (χ4n) is 3.47. The predicted octanol–water partition coefficient (Wildman–Crippen LogP) is 4.90. The van der Waals surface area contributed by atoms with E-state index in [1.54, 1.807) is 0 Å². The molecular formula is C23H19N7. The molecule has 0 radical (unpaired) electrons. The quantitative estimate of drug-likeness (QED) is 0.370. The Bertz CT molecular complexity index is 1380. The van der Waals surface area contributed by atoms with Crippen LogP contribution in [0.4, 0.5) is 0 Å². The monoisotopic (exact) mass is 393 g/mol. The van der Waals surface area contributed by atoms with Gasteiger partial charge in [-0.15, -0.1) is 0 Å². The van der Waals surface area contributed by atoms with Crippen molar-refractivity contribution in [3.05, 3.63) is 85.1 Å². The van der Waals surface area contributed by atoms with Crippen LogP contribution >= 0.6 is 0 Å². The first-order chi connectivity index (χ1) is 14.7. The standard InChI is InChI=1S/C23H19N7/c1-3-6-15(23-26-19-7-4-5-8-20(19)27-23)11-14(2)21-17-12-16(22-24-13-25-30-22)9-10-18(17)28-29-21/h3-13H,2H2,1H3,(H,26,27)(H,28,29)(H,24,25,30)/b6-3-,15-11+. The van der Waals surface area contributed by atoms with Crippen LogP contribution in [0.5, 0.6) is 0 Å². The molecule has 0 amide bonds. The number of para-hydroxylation sites is 2. The fraction of sp³-hybridized carbons (Fsp3) is 0.0435. The van der Waals surface area contributed by atoms with E-state index in [0.29, 0.717) is 5.82 Å². The fourth-order valence-corrected chi connectivity index (χ4v) is 3.47. The van der Waals surface area contributed by atoms with Gasteiger partial charge >= 0.3 is 0 Å². The molecule has 0 aliphatic carbocycles. The number of hydrogen-bond donors (Lipinski definition) is 3. The topological polar surface area (TPSA) is 98.9 Å². The third-order valence-corrected chi connectivity index (χ3v) is 4.89. The van der Waals surface area contributed by atoms with E-state index in [9.17, 15) is 0 Å². The maximum atomic E-state index is 4.71. The molecule has 5 aromatic rings. The van der Waals surface area contributed by atoms with Crippen molar-refractivity contribution in [1.29, 1.82) is 0 Å². The van der Waals surface area contributed by atoms with Crippen molar-refractivity contribution in [3.63, 3.8) is 0 Å². The highest BCUT2D eigenvalue weighted by molar-refractivity contribution is 5.97. The molecule has 0 saturated heterocycles. The molecular weight excluding hydrogens is 374 g/mol. The van der Waals surface area contributed by atoms with Gasteiger partial charge < -0.3 is 4.98 Å². The van der Waals surface area contributed by atoms with Gasteiger partial charge in [0.05, 0.1) is 22.2 Å². The Kier molecular flexibility index (Phi) is 4.33. The third-order valence-electron chi connectivity index (χ3n) is 4.89. The van der Waals surface area contributed by atoms with E-state index < -0.39 is 0 Å². The van der Waals surface area contributed by atoms with Gasteiger partial charge in [0.1, 0.15) is 12.2 Å². The maximum absolute atomic E-state index is 4.71. The summed E-state index contributed by atoms with van der Waals surface area (Å²) in [6.45, 7) is 6.25. The van der Waals surface area contributed by atoms with Crippen LogP contribution in [0.2, 0.25) is 0 Å². The van der Waals surface area contributed by atoms with E-state index in [0.717, 1.165) is 50.2 Å². The minimum atomic E-state index is 0.710. The van der Waals surface area contributed by atoms with Gasteiger partial charge in [0.25, 0.3) is 0 Å². The molecule has 0 unspecified atom stereocenters. The number of fused-ring (bicyclic) bond motifs is 2. The minimum Gasteiger partial charge on any atom is -0.338 e. The van der Waals surface area contributed by atoms with Crippen LogP contribution in [0, 0.1) is 0 Å². The maximum Gasteiger partial charge on any atom is 0.155 e. The van der Waals surface area contributed by atoms with Crippen LogP contribution in [0.25, 0.3) is 44.5 Å². The van der Waals surface area contributed by atoms with Crippen LogP contribution in [0.1, 0.15) is 18.4 Å². The van der Waals surface area contributed by atoms with Gasteiger partial charge in [-0.1, -0.05) is 30.9 Å². The summed E-state index contributed by atoms with van der Waals surface area (Å²) < 4.78 is 0. The van der Waals surface area contributed by atoms with Gasteiger partial charge in [0, 0.05) is 16.5 Å². The average molecular weight is 393 g/mol. The number of rotatable bonds is 5. The lowest BCUT2D eigenvalue weighted by Gasteiger charge is -2.02. The van der Waals surface area contributed by atoms with Crippen LogP contribution in [0.15, 0.2) is 73.6 Å². The number of aromatic amines is 3. The number of nitrogens with one attached hydrogen (secondary N) is 3. The Labute approximate surface area is 172 Å². The Morgan fingerprint density at radius 1 is 1.07 bits per heavy atom. The predicted molar refractivity (Wildman–Crippen MR) is 119 cm³/mol. The molecule has 0 fully saturated rings. The largest absolute Gasteiger partial charge is 0.338 e. The first-order valence-electron chi connectivity index (χ1n) is 9.55. The van der Waals surface area contributed by atoms with Crippen LogP contribution in [-0.4, -0.2) is 35.3 Å². The molecule has 0 atom stereocenters. The third kappa shape index (κ3) is 3.12. The lowest BCUT2D eigenvalue weighted by molar-refractivity contribution is 1.10. The highest BCUT2D eigenvalue weighted by Crippen LogP contribution is 2.29. The second kappa shape index (κ2) is 7.29. The summed E-state index contributed by atoms with van der Waals surface area (Å²) in [4.78, 5) is 12.3. The lowest BCUT2D eigenvalue weighted by atomic mass is 10.0. The number of aromatic nitrogens is 7. The Hall–Kier alpha value is -4.26. The molecule has 5 rings (SSSR count). The van der Waals surface area contributed by atoms with Gasteiger partial charge in [-0.3, -0.25) is 10.2 Å². The SMILES string of the molecule is C=C(/C=C(\C=C/C)c1nc2ccccc2[nH]1)c1n[nH]c2ccc(-c3ncn[nH]3)cc12. The molecule has 0 saturated carbocycles. The summed E-state index contributed by atoms with van der Waals surface area (Å²) >= 11 is 0. The van der Waals surface area contributed by atoms with Crippen molar-refractivity contribution in [1.82, 2.24) is 35.3 Å². The molecule has 146 valence electrons. The van der Waals surface area contributed by atoms with Gasteiger partial charge in [-0.2, -0.15) is 10.2 Å². The van der Waals surface area contributed by atoms with Crippen molar-refractivity contribution < 1.29 is 0 Å². The molecule has 0 aliphatic heterocycles. The van der Waals surface area contributed by atoms with Crippen molar-refractivity contribution >= 4 is 33.1 Å². The first-order valence-corrected chi connectivity index (χ1v) is 9.55. The normalized spacial score (nSPS) is 12.4. The molecule has 3 aromatic heterocycles. The van der Waals surface area contributed by atoms with E-state index >= 15 is 0 Å². The average Bonchev–Trinajstić information content (AvgIpc) is 3.51. The molecule has 7 nitrogen and oxygen atoms in total. The molecule has 0 spiro atoms. The van der Waals surface area contributed by atoms with E-state index in [-0.39, 0.29) is 0 Å². The van der Waals surface area contributed by atoms with Gasteiger partial charge in [0.15, 0.2) is 5.82 Å². The van der Waals surface area contributed by atoms with Gasteiger partial charge in [0.2, 0.25) is 0 Å². The molecule has 3 heterocycles. The minimum absolute atomic E-state index is 0.710. The lowest BCUT2D eigenvalue weighted by Crippen LogP contribution is -1.88. The van der Waals surface area contributed by atoms with Crippen molar-refractivity contribution in [2.24, 2.45) is 0 Å². The molecule has 2 aromatic carbocycles. The zero-order valence-corrected chi connectivity index (χ0v) is 16.3. The van der Waals surface area contributed by atoms with Gasteiger partial charge in [-0.25, -0.2) is 9.97 Å².